The first-order valence-corrected chi connectivity index (χ1v) is 9.16. The largest absolute Gasteiger partial charge is 0.352 e. The Morgan fingerprint density at radius 2 is 2.12 bits per heavy atom. The summed E-state index contributed by atoms with van der Waals surface area (Å²) in [6, 6.07) is 0.250. The van der Waals surface area contributed by atoms with E-state index < -0.39 is 0 Å². The first-order chi connectivity index (χ1) is 12.4. The molecule has 1 aliphatic rings. The summed E-state index contributed by atoms with van der Waals surface area (Å²) >= 11 is 0. The fraction of sp³-hybridized carbons (Fsp3) is 0.579. The highest BCUT2D eigenvalue weighted by molar-refractivity contribution is 5.72. The van der Waals surface area contributed by atoms with E-state index in [2.05, 4.69) is 34.1 Å². The minimum Gasteiger partial charge on any atom is -0.352 e. The van der Waals surface area contributed by atoms with Crippen molar-refractivity contribution in [2.24, 2.45) is 7.05 Å². The van der Waals surface area contributed by atoms with Crippen molar-refractivity contribution < 1.29 is 4.79 Å². The minimum absolute atomic E-state index is 0.0404. The lowest BCUT2D eigenvalue weighted by Gasteiger charge is -2.26. The average Bonchev–Trinajstić information content (AvgIpc) is 3.14. The zero-order valence-electron chi connectivity index (χ0n) is 16.3. The van der Waals surface area contributed by atoms with Crippen molar-refractivity contribution >= 4 is 5.91 Å². The summed E-state index contributed by atoms with van der Waals surface area (Å²) in [6.45, 7) is 10.0. The number of aryl methyl sites for hydroxylation is 3. The van der Waals surface area contributed by atoms with Crippen molar-refractivity contribution in [2.75, 3.05) is 6.54 Å². The summed E-state index contributed by atoms with van der Waals surface area (Å²) in [7, 11) is 1.99. The van der Waals surface area contributed by atoms with E-state index >= 15 is 0 Å². The number of amides is 1. The number of carbonyl (C=O) groups is 1. The fourth-order valence-electron chi connectivity index (χ4n) is 3.73. The smallest absolute Gasteiger partial charge is 0.217 e. The van der Waals surface area contributed by atoms with Crippen LogP contribution in [0.1, 0.15) is 59.8 Å². The molecule has 0 saturated carbocycles. The zero-order valence-corrected chi connectivity index (χ0v) is 16.3. The molecule has 1 amide bonds. The number of carbonyl (C=O) groups excluding carboxylic acids is 1. The van der Waals surface area contributed by atoms with E-state index in [9.17, 15) is 4.79 Å². The van der Waals surface area contributed by atoms with Crippen LogP contribution < -0.4 is 5.32 Å². The molecule has 2 aromatic heterocycles. The summed E-state index contributed by atoms with van der Waals surface area (Å²) in [5.41, 5.74) is 5.65. The third-order valence-electron chi connectivity index (χ3n) is 5.25. The van der Waals surface area contributed by atoms with Crippen LogP contribution in [0, 0.1) is 20.8 Å². The molecule has 140 valence electrons. The van der Waals surface area contributed by atoms with E-state index in [1.54, 1.807) is 0 Å². The molecule has 26 heavy (non-hydrogen) atoms. The second-order valence-electron chi connectivity index (χ2n) is 7.14. The van der Waals surface area contributed by atoms with Gasteiger partial charge in [-0.05, 0) is 40.2 Å². The van der Waals surface area contributed by atoms with Gasteiger partial charge in [-0.1, -0.05) is 0 Å². The second-order valence-corrected chi connectivity index (χ2v) is 7.14. The lowest BCUT2D eigenvalue weighted by atomic mass is 10.0. The average molecular weight is 356 g/mol. The van der Waals surface area contributed by atoms with Crippen LogP contribution in [-0.2, 0) is 24.9 Å². The Labute approximate surface area is 154 Å². The van der Waals surface area contributed by atoms with Crippen LogP contribution >= 0.6 is 0 Å². The number of aromatic nitrogens is 4. The number of nitrogens with zero attached hydrogens (tertiary/aromatic N) is 5. The molecule has 0 aromatic carbocycles. The Morgan fingerprint density at radius 3 is 2.77 bits per heavy atom. The molecule has 1 N–H and O–H groups in total. The van der Waals surface area contributed by atoms with Crippen molar-refractivity contribution in [2.45, 2.75) is 59.7 Å². The summed E-state index contributed by atoms with van der Waals surface area (Å²) < 4.78 is 1.95. The molecule has 0 bridgehead atoms. The van der Waals surface area contributed by atoms with Gasteiger partial charge in [0.15, 0.2) is 0 Å². The number of hydrogen-bond acceptors (Lipinski definition) is 5. The Balaban J connectivity index is 1.88. The van der Waals surface area contributed by atoms with Crippen LogP contribution in [0.4, 0.5) is 0 Å². The van der Waals surface area contributed by atoms with E-state index in [-0.39, 0.29) is 11.9 Å². The van der Waals surface area contributed by atoms with Gasteiger partial charge in [0.2, 0.25) is 5.91 Å². The van der Waals surface area contributed by atoms with E-state index in [1.807, 2.05) is 24.9 Å². The molecule has 0 aliphatic carbocycles. The molecule has 3 rings (SSSR count). The summed E-state index contributed by atoms with van der Waals surface area (Å²) in [5, 5.41) is 7.43. The number of nitrogens with one attached hydrogen (secondary N) is 1. The maximum absolute atomic E-state index is 11.3. The Bertz CT molecular complexity index is 813. The Morgan fingerprint density at radius 1 is 1.35 bits per heavy atom. The molecule has 0 unspecified atom stereocenters. The van der Waals surface area contributed by atoms with Gasteiger partial charge < -0.3 is 5.32 Å². The standard InChI is InChI=1S/C19H28N6O/c1-12-17(13(2)24(5)23-12)11-25-8-6-7-18(25)19-16(10-21-15(4)26)9-20-14(3)22-19/h9,18H,6-8,10-11H2,1-5H3,(H,21,26)/t18-/m0/s1. The van der Waals surface area contributed by atoms with Crippen LogP contribution in [0.3, 0.4) is 0 Å². The monoisotopic (exact) mass is 356 g/mol. The van der Waals surface area contributed by atoms with Crippen molar-refractivity contribution in [1.82, 2.24) is 30.0 Å². The normalized spacial score (nSPS) is 17.7. The first-order valence-electron chi connectivity index (χ1n) is 9.16. The molecule has 0 spiro atoms. The van der Waals surface area contributed by atoms with Gasteiger partial charge in [-0.25, -0.2) is 9.97 Å². The van der Waals surface area contributed by atoms with E-state index in [4.69, 9.17) is 4.98 Å². The van der Waals surface area contributed by atoms with E-state index in [0.29, 0.717) is 6.54 Å². The molecular formula is C19H28N6O. The lowest BCUT2D eigenvalue weighted by molar-refractivity contribution is -0.119. The van der Waals surface area contributed by atoms with Crippen LogP contribution in [0.15, 0.2) is 6.20 Å². The molecule has 2 aromatic rings. The first kappa shape index (κ1) is 18.5. The SMILES string of the molecule is CC(=O)NCc1cnc(C)nc1[C@@H]1CCCN1Cc1c(C)nn(C)c1C. The molecule has 1 saturated heterocycles. The maximum Gasteiger partial charge on any atom is 0.217 e. The van der Waals surface area contributed by atoms with Gasteiger partial charge in [-0.15, -0.1) is 0 Å². The fourth-order valence-corrected chi connectivity index (χ4v) is 3.73. The Kier molecular flexibility index (Phi) is 5.36. The van der Waals surface area contributed by atoms with Crippen molar-refractivity contribution in [3.63, 3.8) is 0 Å². The predicted octanol–water partition coefficient (Wildman–Crippen LogP) is 2.11. The molecule has 3 heterocycles. The lowest BCUT2D eigenvalue weighted by Crippen LogP contribution is -2.27. The Hall–Kier alpha value is -2.28. The van der Waals surface area contributed by atoms with Crippen LogP contribution in [0.5, 0.6) is 0 Å². The van der Waals surface area contributed by atoms with Crippen molar-refractivity contribution in [1.29, 1.82) is 0 Å². The highest BCUT2D eigenvalue weighted by Crippen LogP contribution is 2.34. The molecule has 7 nitrogen and oxygen atoms in total. The molecular weight excluding hydrogens is 328 g/mol. The van der Waals surface area contributed by atoms with Crippen molar-refractivity contribution in [3.8, 4) is 0 Å². The molecule has 7 heteroatoms. The van der Waals surface area contributed by atoms with Gasteiger partial charge in [-0.3, -0.25) is 14.4 Å². The van der Waals surface area contributed by atoms with Gasteiger partial charge in [-0.2, -0.15) is 5.10 Å². The maximum atomic E-state index is 11.3. The summed E-state index contributed by atoms with van der Waals surface area (Å²) in [6.07, 6.45) is 4.07. The van der Waals surface area contributed by atoms with E-state index in [0.717, 1.165) is 48.7 Å². The predicted molar refractivity (Wildman–Crippen MR) is 99.4 cm³/mol. The van der Waals surface area contributed by atoms with Crippen molar-refractivity contribution in [3.05, 3.63) is 40.2 Å². The minimum atomic E-state index is -0.0404. The highest BCUT2D eigenvalue weighted by atomic mass is 16.1. The second kappa shape index (κ2) is 7.53. The summed E-state index contributed by atoms with van der Waals surface area (Å²) in [4.78, 5) is 22.9. The van der Waals surface area contributed by atoms with Gasteiger partial charge in [0.05, 0.1) is 17.4 Å². The summed E-state index contributed by atoms with van der Waals surface area (Å²) in [5.74, 6) is 0.730. The van der Waals surface area contributed by atoms with Crippen LogP contribution in [0.25, 0.3) is 0 Å². The quantitative estimate of drug-likeness (QED) is 0.888. The number of rotatable bonds is 5. The zero-order chi connectivity index (χ0) is 18.8. The van der Waals surface area contributed by atoms with Crippen LogP contribution in [-0.4, -0.2) is 37.1 Å². The molecule has 1 aliphatic heterocycles. The molecule has 0 radical (unpaired) electrons. The van der Waals surface area contributed by atoms with Gasteiger partial charge in [0, 0.05) is 50.1 Å². The van der Waals surface area contributed by atoms with Crippen LogP contribution in [0.2, 0.25) is 0 Å². The number of hydrogen-bond donors (Lipinski definition) is 1. The number of likely N-dealkylation sites (tertiary alicyclic amines) is 1. The van der Waals surface area contributed by atoms with Gasteiger partial charge >= 0.3 is 0 Å². The molecule has 1 atom stereocenters. The van der Waals surface area contributed by atoms with Gasteiger partial charge in [0.1, 0.15) is 5.82 Å². The highest BCUT2D eigenvalue weighted by Gasteiger charge is 2.30. The third-order valence-corrected chi connectivity index (χ3v) is 5.25. The van der Waals surface area contributed by atoms with Gasteiger partial charge in [0.25, 0.3) is 0 Å². The third kappa shape index (κ3) is 3.77. The van der Waals surface area contributed by atoms with E-state index in [1.165, 1.54) is 18.2 Å². The molecule has 1 fully saturated rings. The topological polar surface area (TPSA) is 75.9 Å².